The van der Waals surface area contributed by atoms with Crippen molar-refractivity contribution in [1.82, 2.24) is 0 Å². The van der Waals surface area contributed by atoms with Crippen molar-refractivity contribution in [2.75, 3.05) is 6.61 Å². The van der Waals surface area contributed by atoms with Crippen LogP contribution in [0.4, 0.5) is 0 Å². The van der Waals surface area contributed by atoms with Crippen LogP contribution in [0, 0.1) is 0 Å². The van der Waals surface area contributed by atoms with E-state index in [2.05, 4.69) is 13.5 Å². The smallest absolute Gasteiger partial charge is 0.140 e. The monoisotopic (exact) mass is 192 g/mol. The van der Waals surface area contributed by atoms with Crippen LogP contribution in [0.2, 0.25) is 0 Å². The van der Waals surface area contributed by atoms with Crippen LogP contribution in [-0.2, 0) is 6.42 Å². The summed E-state index contributed by atoms with van der Waals surface area (Å²) in [7, 11) is 0. The molecule has 1 aromatic carbocycles. The van der Waals surface area contributed by atoms with Gasteiger partial charge in [0.25, 0.3) is 0 Å². The second-order valence-electron chi connectivity index (χ2n) is 3.07. The van der Waals surface area contributed by atoms with Gasteiger partial charge in [-0.1, -0.05) is 25.6 Å². The molecule has 0 radical (unpaired) electrons. The molecule has 1 aromatic rings. The zero-order valence-electron chi connectivity index (χ0n) is 8.44. The van der Waals surface area contributed by atoms with Gasteiger partial charge in [-0.05, 0) is 30.2 Å². The van der Waals surface area contributed by atoms with Gasteiger partial charge in [0.1, 0.15) is 11.9 Å². The molecule has 0 bridgehead atoms. The summed E-state index contributed by atoms with van der Waals surface area (Å²) in [6, 6.07) is 7.86. The summed E-state index contributed by atoms with van der Waals surface area (Å²) in [5.41, 5.74) is 1.27. The molecule has 0 spiro atoms. The van der Waals surface area contributed by atoms with E-state index in [4.69, 9.17) is 9.84 Å². The number of ether oxygens (including phenoxy) is 1. The van der Waals surface area contributed by atoms with Crippen LogP contribution in [0.15, 0.2) is 36.9 Å². The maximum absolute atomic E-state index is 8.89. The van der Waals surface area contributed by atoms with Crippen molar-refractivity contribution in [3.05, 3.63) is 42.5 Å². The summed E-state index contributed by atoms with van der Waals surface area (Å²) in [5.74, 6) is 0.765. The van der Waals surface area contributed by atoms with Crippen LogP contribution in [-0.4, -0.2) is 17.8 Å². The fraction of sp³-hybridized carbons (Fsp3) is 0.333. The van der Waals surface area contributed by atoms with Crippen molar-refractivity contribution in [2.24, 2.45) is 0 Å². The molecule has 0 saturated carbocycles. The molecule has 0 aliphatic carbocycles. The first-order chi connectivity index (χ1) is 6.80. The SMILES string of the molecule is C=CC(CO)Oc1ccc(CC)cc1. The highest BCUT2D eigenvalue weighted by Crippen LogP contribution is 2.14. The van der Waals surface area contributed by atoms with Crippen molar-refractivity contribution in [1.29, 1.82) is 0 Å². The van der Waals surface area contributed by atoms with Crippen LogP contribution in [0.5, 0.6) is 5.75 Å². The Labute approximate surface area is 84.8 Å². The summed E-state index contributed by atoms with van der Waals surface area (Å²) >= 11 is 0. The van der Waals surface area contributed by atoms with Crippen molar-refractivity contribution in [3.63, 3.8) is 0 Å². The molecular formula is C12H16O2. The van der Waals surface area contributed by atoms with Gasteiger partial charge < -0.3 is 9.84 Å². The second kappa shape index (κ2) is 5.45. The average Bonchev–Trinajstić information content (AvgIpc) is 2.26. The van der Waals surface area contributed by atoms with E-state index in [0.29, 0.717) is 0 Å². The van der Waals surface area contributed by atoms with Gasteiger partial charge in [0, 0.05) is 0 Å². The molecule has 0 aliphatic heterocycles. The van der Waals surface area contributed by atoms with Gasteiger partial charge in [0.05, 0.1) is 6.61 Å². The van der Waals surface area contributed by atoms with Crippen molar-refractivity contribution in [2.45, 2.75) is 19.4 Å². The van der Waals surface area contributed by atoms with Crippen LogP contribution in [0.25, 0.3) is 0 Å². The topological polar surface area (TPSA) is 29.5 Å². The van der Waals surface area contributed by atoms with Gasteiger partial charge in [0.2, 0.25) is 0 Å². The Morgan fingerprint density at radius 1 is 1.43 bits per heavy atom. The lowest BCUT2D eigenvalue weighted by Crippen LogP contribution is -2.17. The summed E-state index contributed by atoms with van der Waals surface area (Å²) in [4.78, 5) is 0. The molecule has 2 heteroatoms. The summed E-state index contributed by atoms with van der Waals surface area (Å²) < 4.78 is 5.44. The number of hydrogen-bond donors (Lipinski definition) is 1. The molecule has 1 rings (SSSR count). The zero-order valence-corrected chi connectivity index (χ0v) is 8.44. The minimum absolute atomic E-state index is 0.0426. The molecular weight excluding hydrogens is 176 g/mol. The Kier molecular flexibility index (Phi) is 4.20. The van der Waals surface area contributed by atoms with Crippen molar-refractivity contribution >= 4 is 0 Å². The van der Waals surface area contributed by atoms with Gasteiger partial charge in [-0.25, -0.2) is 0 Å². The molecule has 1 N–H and O–H groups in total. The highest BCUT2D eigenvalue weighted by Gasteiger charge is 2.03. The Morgan fingerprint density at radius 3 is 2.50 bits per heavy atom. The number of benzene rings is 1. The van der Waals surface area contributed by atoms with E-state index in [9.17, 15) is 0 Å². The van der Waals surface area contributed by atoms with E-state index < -0.39 is 0 Å². The molecule has 1 unspecified atom stereocenters. The number of aliphatic hydroxyl groups excluding tert-OH is 1. The van der Waals surface area contributed by atoms with E-state index >= 15 is 0 Å². The predicted molar refractivity (Wildman–Crippen MR) is 57.5 cm³/mol. The van der Waals surface area contributed by atoms with Crippen LogP contribution in [0.1, 0.15) is 12.5 Å². The molecule has 1 atom stereocenters. The Hall–Kier alpha value is -1.28. The van der Waals surface area contributed by atoms with E-state index in [0.717, 1.165) is 12.2 Å². The van der Waals surface area contributed by atoms with E-state index in [-0.39, 0.29) is 12.7 Å². The van der Waals surface area contributed by atoms with Gasteiger partial charge in [0.15, 0.2) is 0 Å². The first-order valence-electron chi connectivity index (χ1n) is 4.79. The zero-order chi connectivity index (χ0) is 10.4. The first kappa shape index (κ1) is 10.8. The molecule has 2 nitrogen and oxygen atoms in total. The number of aliphatic hydroxyl groups is 1. The molecule has 0 heterocycles. The van der Waals surface area contributed by atoms with Gasteiger partial charge in [-0.3, -0.25) is 0 Å². The van der Waals surface area contributed by atoms with Crippen molar-refractivity contribution < 1.29 is 9.84 Å². The quantitative estimate of drug-likeness (QED) is 0.724. The first-order valence-corrected chi connectivity index (χ1v) is 4.79. The fourth-order valence-electron chi connectivity index (χ4n) is 1.14. The highest BCUT2D eigenvalue weighted by molar-refractivity contribution is 5.27. The predicted octanol–water partition coefficient (Wildman–Crippen LogP) is 2.17. The van der Waals surface area contributed by atoms with Gasteiger partial charge in [-0.2, -0.15) is 0 Å². The summed E-state index contributed by atoms with van der Waals surface area (Å²) in [6.45, 7) is 5.64. The minimum Gasteiger partial charge on any atom is -0.484 e. The van der Waals surface area contributed by atoms with E-state index in [1.807, 2.05) is 24.3 Å². The lowest BCUT2D eigenvalue weighted by molar-refractivity contribution is 0.150. The number of hydrogen-bond acceptors (Lipinski definition) is 2. The summed E-state index contributed by atoms with van der Waals surface area (Å²) in [5, 5.41) is 8.89. The van der Waals surface area contributed by atoms with Gasteiger partial charge >= 0.3 is 0 Å². The third kappa shape index (κ3) is 2.89. The summed E-state index contributed by atoms with van der Waals surface area (Å²) in [6.07, 6.45) is 2.29. The highest BCUT2D eigenvalue weighted by atomic mass is 16.5. The molecule has 0 saturated heterocycles. The van der Waals surface area contributed by atoms with E-state index in [1.54, 1.807) is 6.08 Å². The van der Waals surface area contributed by atoms with Crippen LogP contribution >= 0.6 is 0 Å². The molecule has 0 amide bonds. The maximum atomic E-state index is 8.89. The standard InChI is InChI=1S/C12H16O2/c1-3-10-5-7-12(8-6-10)14-11(4-2)9-13/h4-8,11,13H,2-3,9H2,1H3. The molecule has 0 aliphatic rings. The second-order valence-corrected chi connectivity index (χ2v) is 3.07. The third-order valence-electron chi connectivity index (χ3n) is 2.06. The lowest BCUT2D eigenvalue weighted by atomic mass is 10.2. The molecule has 14 heavy (non-hydrogen) atoms. The number of aryl methyl sites for hydroxylation is 1. The molecule has 0 aromatic heterocycles. The number of rotatable bonds is 5. The largest absolute Gasteiger partial charge is 0.484 e. The van der Waals surface area contributed by atoms with Gasteiger partial charge in [-0.15, -0.1) is 0 Å². The Bertz CT molecular complexity index is 277. The Balaban J connectivity index is 2.63. The average molecular weight is 192 g/mol. The lowest BCUT2D eigenvalue weighted by Gasteiger charge is -2.12. The minimum atomic E-state index is -0.317. The fourth-order valence-corrected chi connectivity index (χ4v) is 1.14. The maximum Gasteiger partial charge on any atom is 0.140 e. The normalized spacial score (nSPS) is 12.1. The third-order valence-corrected chi connectivity index (χ3v) is 2.06. The molecule has 76 valence electrons. The molecule has 0 fully saturated rings. The van der Waals surface area contributed by atoms with Crippen LogP contribution < -0.4 is 4.74 Å². The van der Waals surface area contributed by atoms with Crippen LogP contribution in [0.3, 0.4) is 0 Å². The Morgan fingerprint density at radius 2 is 2.07 bits per heavy atom. The van der Waals surface area contributed by atoms with E-state index in [1.165, 1.54) is 5.56 Å². The van der Waals surface area contributed by atoms with Crippen molar-refractivity contribution in [3.8, 4) is 5.75 Å².